The number of hydrogen-bond donors (Lipinski definition) is 2. The highest BCUT2D eigenvalue weighted by molar-refractivity contribution is 9.10. The van der Waals surface area contributed by atoms with Crippen LogP contribution in [0.15, 0.2) is 12.5 Å². The summed E-state index contributed by atoms with van der Waals surface area (Å²) in [4.78, 5) is 16.4. The molecule has 0 unspecified atom stereocenters. The molecule has 2 N–H and O–H groups in total. The van der Waals surface area contributed by atoms with Gasteiger partial charge >= 0.3 is 5.97 Å². The van der Waals surface area contributed by atoms with E-state index in [2.05, 4.69) is 25.9 Å². The molecule has 60 valence electrons. The number of hydrogen-bond acceptors (Lipinski definition) is 2. The Kier molecular flexibility index (Phi) is 2.64. The first kappa shape index (κ1) is 8.26. The number of alkyl halides is 1. The number of H-pyrrole nitrogens is 1. The van der Waals surface area contributed by atoms with Crippen LogP contribution in [-0.2, 0) is 11.2 Å². The molecule has 0 spiro atoms. The van der Waals surface area contributed by atoms with Crippen LogP contribution in [0.3, 0.4) is 0 Å². The number of rotatable bonds is 3. The van der Waals surface area contributed by atoms with Gasteiger partial charge in [-0.2, -0.15) is 0 Å². The molecule has 1 aromatic rings. The summed E-state index contributed by atoms with van der Waals surface area (Å²) in [5.41, 5.74) is 0.814. The molecule has 1 aromatic heterocycles. The standard InChI is InChI=1S/C6H7BrN2O2/c7-5(6(10)11)1-4-2-8-3-9-4/h2-3,5H,1H2,(H,8,9)(H,10,11)/t5-/m1/s1. The Hall–Kier alpha value is -0.840. The summed E-state index contributed by atoms with van der Waals surface area (Å²) in [5, 5.41) is 8.50. The maximum absolute atomic E-state index is 10.3. The van der Waals surface area contributed by atoms with E-state index in [4.69, 9.17) is 5.11 Å². The van der Waals surface area contributed by atoms with Gasteiger partial charge in [0.15, 0.2) is 0 Å². The van der Waals surface area contributed by atoms with Gasteiger partial charge in [0.05, 0.1) is 6.33 Å². The van der Waals surface area contributed by atoms with Gasteiger partial charge in [-0.25, -0.2) is 4.98 Å². The molecule has 0 saturated carbocycles. The molecule has 5 heteroatoms. The lowest BCUT2D eigenvalue weighted by Crippen LogP contribution is -2.15. The monoisotopic (exact) mass is 218 g/mol. The highest BCUT2D eigenvalue weighted by Gasteiger charge is 2.13. The van der Waals surface area contributed by atoms with Gasteiger partial charge < -0.3 is 10.1 Å². The second-order valence-electron chi connectivity index (χ2n) is 2.09. The third-order valence-corrected chi connectivity index (χ3v) is 1.94. The number of imidazole rings is 1. The zero-order valence-corrected chi connectivity index (χ0v) is 7.21. The van der Waals surface area contributed by atoms with Crippen molar-refractivity contribution in [2.24, 2.45) is 0 Å². The first-order valence-corrected chi connectivity index (χ1v) is 3.96. The SMILES string of the molecule is O=C(O)[C@H](Br)Cc1cnc[nH]1. The van der Waals surface area contributed by atoms with Crippen LogP contribution in [-0.4, -0.2) is 25.9 Å². The van der Waals surface area contributed by atoms with E-state index in [1.807, 2.05) is 0 Å². The highest BCUT2D eigenvalue weighted by atomic mass is 79.9. The number of carboxylic acid groups (broad SMARTS) is 1. The van der Waals surface area contributed by atoms with Crippen LogP contribution in [0.5, 0.6) is 0 Å². The molecule has 0 radical (unpaired) electrons. The number of nitrogens with one attached hydrogen (secondary N) is 1. The van der Waals surface area contributed by atoms with Crippen LogP contribution in [0.1, 0.15) is 5.69 Å². The van der Waals surface area contributed by atoms with Crippen molar-refractivity contribution in [3.63, 3.8) is 0 Å². The molecule has 4 nitrogen and oxygen atoms in total. The number of halogens is 1. The number of aromatic amines is 1. The molecule has 0 aliphatic heterocycles. The third-order valence-electron chi connectivity index (χ3n) is 1.22. The van der Waals surface area contributed by atoms with Crippen LogP contribution >= 0.6 is 15.9 Å². The molecule has 0 aliphatic carbocycles. The van der Waals surface area contributed by atoms with Crippen LogP contribution in [0, 0.1) is 0 Å². The summed E-state index contributed by atoms with van der Waals surface area (Å²) in [6.07, 6.45) is 3.56. The van der Waals surface area contributed by atoms with Crippen molar-refractivity contribution in [2.75, 3.05) is 0 Å². The Morgan fingerprint density at radius 2 is 2.64 bits per heavy atom. The Balaban J connectivity index is 2.50. The van der Waals surface area contributed by atoms with Crippen molar-refractivity contribution in [3.8, 4) is 0 Å². The summed E-state index contributed by atoms with van der Waals surface area (Å²) in [7, 11) is 0. The fraction of sp³-hybridized carbons (Fsp3) is 0.333. The van der Waals surface area contributed by atoms with Crippen LogP contribution in [0.2, 0.25) is 0 Å². The maximum Gasteiger partial charge on any atom is 0.317 e. The second-order valence-corrected chi connectivity index (χ2v) is 3.19. The van der Waals surface area contributed by atoms with Crippen LogP contribution in [0.4, 0.5) is 0 Å². The third kappa shape index (κ3) is 2.34. The Labute approximate surface area is 71.8 Å². The summed E-state index contributed by atoms with van der Waals surface area (Å²) in [6, 6.07) is 0. The summed E-state index contributed by atoms with van der Waals surface area (Å²) < 4.78 is 0. The zero-order valence-electron chi connectivity index (χ0n) is 5.62. The van der Waals surface area contributed by atoms with E-state index in [1.165, 1.54) is 6.33 Å². The molecule has 0 aromatic carbocycles. The molecule has 1 heterocycles. The number of aliphatic carboxylic acids is 1. The molecule has 1 atom stereocenters. The molecular formula is C6H7BrN2O2. The minimum Gasteiger partial charge on any atom is -0.480 e. The smallest absolute Gasteiger partial charge is 0.317 e. The van der Waals surface area contributed by atoms with Crippen LogP contribution in [0.25, 0.3) is 0 Å². The zero-order chi connectivity index (χ0) is 8.27. The van der Waals surface area contributed by atoms with Gasteiger partial charge in [0.25, 0.3) is 0 Å². The predicted molar refractivity (Wildman–Crippen MR) is 42.6 cm³/mol. The predicted octanol–water partition coefficient (Wildman–Crippen LogP) is 0.800. The quantitative estimate of drug-likeness (QED) is 0.739. The molecule has 0 amide bonds. The topological polar surface area (TPSA) is 66.0 Å². The average molecular weight is 219 g/mol. The molecule has 0 aliphatic rings. The summed E-state index contributed by atoms with van der Waals surface area (Å²) in [5.74, 6) is -0.861. The molecule has 1 rings (SSSR count). The van der Waals surface area contributed by atoms with E-state index in [-0.39, 0.29) is 0 Å². The normalized spacial score (nSPS) is 12.8. The van der Waals surface area contributed by atoms with Gasteiger partial charge in [-0.15, -0.1) is 0 Å². The summed E-state index contributed by atoms with van der Waals surface area (Å²) in [6.45, 7) is 0. The number of nitrogens with zero attached hydrogens (tertiary/aromatic N) is 1. The fourth-order valence-corrected chi connectivity index (χ4v) is 1.03. The van der Waals surface area contributed by atoms with Gasteiger partial charge in [0.1, 0.15) is 4.83 Å². The Morgan fingerprint density at radius 3 is 3.09 bits per heavy atom. The van der Waals surface area contributed by atoms with Crippen molar-refractivity contribution in [1.29, 1.82) is 0 Å². The van der Waals surface area contributed by atoms with Gasteiger partial charge in [0, 0.05) is 18.3 Å². The first-order valence-electron chi connectivity index (χ1n) is 3.04. The summed E-state index contributed by atoms with van der Waals surface area (Å²) >= 11 is 3.02. The highest BCUT2D eigenvalue weighted by Crippen LogP contribution is 2.06. The maximum atomic E-state index is 10.3. The molecule has 0 saturated heterocycles. The lowest BCUT2D eigenvalue weighted by atomic mass is 10.2. The van der Waals surface area contributed by atoms with E-state index in [0.717, 1.165) is 5.69 Å². The van der Waals surface area contributed by atoms with Gasteiger partial charge in [-0.3, -0.25) is 4.79 Å². The van der Waals surface area contributed by atoms with Gasteiger partial charge in [0.2, 0.25) is 0 Å². The fourth-order valence-electron chi connectivity index (χ4n) is 0.677. The van der Waals surface area contributed by atoms with E-state index >= 15 is 0 Å². The Bertz CT molecular complexity index is 235. The van der Waals surface area contributed by atoms with Gasteiger partial charge in [-0.05, 0) is 0 Å². The molecule has 11 heavy (non-hydrogen) atoms. The van der Waals surface area contributed by atoms with Crippen molar-refractivity contribution >= 4 is 21.9 Å². The van der Waals surface area contributed by atoms with E-state index in [9.17, 15) is 4.79 Å². The van der Waals surface area contributed by atoms with Crippen molar-refractivity contribution in [2.45, 2.75) is 11.2 Å². The minimum absolute atomic E-state index is 0.426. The van der Waals surface area contributed by atoms with Crippen LogP contribution < -0.4 is 0 Å². The second kappa shape index (κ2) is 3.52. The largest absolute Gasteiger partial charge is 0.480 e. The lowest BCUT2D eigenvalue weighted by Gasteiger charge is -1.99. The minimum atomic E-state index is -0.861. The number of aromatic nitrogens is 2. The molecule has 0 bridgehead atoms. The number of carbonyl (C=O) groups is 1. The van der Waals surface area contributed by atoms with Crippen molar-refractivity contribution < 1.29 is 9.90 Å². The molecule has 0 fully saturated rings. The lowest BCUT2D eigenvalue weighted by molar-refractivity contribution is -0.136. The average Bonchev–Trinajstić information content (AvgIpc) is 2.39. The van der Waals surface area contributed by atoms with E-state index < -0.39 is 10.8 Å². The molecular weight excluding hydrogens is 212 g/mol. The first-order chi connectivity index (χ1) is 5.20. The Morgan fingerprint density at radius 1 is 1.91 bits per heavy atom. The van der Waals surface area contributed by atoms with Crippen molar-refractivity contribution in [1.82, 2.24) is 9.97 Å². The van der Waals surface area contributed by atoms with E-state index in [1.54, 1.807) is 6.20 Å². The van der Waals surface area contributed by atoms with Crippen molar-refractivity contribution in [3.05, 3.63) is 18.2 Å². The number of carboxylic acids is 1. The van der Waals surface area contributed by atoms with E-state index in [0.29, 0.717) is 6.42 Å². The van der Waals surface area contributed by atoms with Gasteiger partial charge in [-0.1, -0.05) is 15.9 Å².